The van der Waals surface area contributed by atoms with Gasteiger partial charge in [-0.1, -0.05) is 19.8 Å². The van der Waals surface area contributed by atoms with E-state index < -0.39 is 0 Å². The van der Waals surface area contributed by atoms with Crippen LogP contribution in [-0.2, 0) is 0 Å². The molecule has 1 aliphatic rings. The molecule has 1 saturated heterocycles. The van der Waals surface area contributed by atoms with Crippen LogP contribution in [0.1, 0.15) is 51.9 Å². The normalized spacial score (nSPS) is 19.6. The molecule has 0 aliphatic carbocycles. The molecule has 1 atom stereocenters. The van der Waals surface area contributed by atoms with Gasteiger partial charge in [0.2, 0.25) is 0 Å². The molecule has 0 bridgehead atoms. The zero-order valence-corrected chi connectivity index (χ0v) is 14.1. The van der Waals surface area contributed by atoms with Gasteiger partial charge < -0.3 is 15.5 Å². The summed E-state index contributed by atoms with van der Waals surface area (Å²) in [5.74, 6) is 1.79. The van der Waals surface area contributed by atoms with Crippen molar-refractivity contribution in [3.05, 3.63) is 0 Å². The lowest BCUT2D eigenvalue weighted by Crippen LogP contribution is -2.36. The highest BCUT2D eigenvalue weighted by Crippen LogP contribution is 2.19. The average molecular weight is 284 g/mol. The predicted molar refractivity (Wildman–Crippen MR) is 89.0 cm³/mol. The summed E-state index contributed by atoms with van der Waals surface area (Å²) in [5.41, 5.74) is 5.71. The Morgan fingerprint density at radius 3 is 2.50 bits per heavy atom. The van der Waals surface area contributed by atoms with Crippen molar-refractivity contribution < 1.29 is 0 Å². The molecular formula is C17H37N3. The van der Waals surface area contributed by atoms with E-state index in [4.69, 9.17) is 5.73 Å². The van der Waals surface area contributed by atoms with E-state index in [9.17, 15) is 0 Å². The van der Waals surface area contributed by atoms with Gasteiger partial charge in [-0.25, -0.2) is 0 Å². The van der Waals surface area contributed by atoms with Gasteiger partial charge in [0, 0.05) is 6.54 Å². The molecule has 1 rings (SSSR count). The van der Waals surface area contributed by atoms with Crippen LogP contribution in [-0.4, -0.2) is 56.6 Å². The third kappa shape index (κ3) is 7.61. The van der Waals surface area contributed by atoms with Crippen LogP contribution >= 0.6 is 0 Å². The molecule has 1 fully saturated rings. The van der Waals surface area contributed by atoms with Gasteiger partial charge in [0.15, 0.2) is 0 Å². The molecule has 20 heavy (non-hydrogen) atoms. The van der Waals surface area contributed by atoms with Gasteiger partial charge in [0.1, 0.15) is 0 Å². The Balaban J connectivity index is 2.10. The summed E-state index contributed by atoms with van der Waals surface area (Å²) in [7, 11) is 4.54. The average Bonchev–Trinajstić information content (AvgIpc) is 2.42. The molecule has 0 aromatic rings. The van der Waals surface area contributed by atoms with Crippen molar-refractivity contribution in [1.82, 2.24) is 9.80 Å². The predicted octanol–water partition coefficient (Wildman–Crippen LogP) is 2.81. The zero-order valence-electron chi connectivity index (χ0n) is 14.1. The molecule has 3 heteroatoms. The molecule has 3 nitrogen and oxygen atoms in total. The maximum absolute atomic E-state index is 5.71. The number of hydrogen-bond donors (Lipinski definition) is 1. The SMILES string of the molecule is CCCC(CCN)CCCN(C)CC1CCN(C)CC1. The Bertz CT molecular complexity index is 218. The Morgan fingerprint density at radius 2 is 1.90 bits per heavy atom. The number of rotatable bonds is 10. The quantitative estimate of drug-likeness (QED) is 0.669. The lowest BCUT2D eigenvalue weighted by Gasteiger charge is -2.31. The van der Waals surface area contributed by atoms with Crippen LogP contribution in [0.15, 0.2) is 0 Å². The van der Waals surface area contributed by atoms with E-state index in [1.807, 2.05) is 0 Å². The highest BCUT2D eigenvalue weighted by Gasteiger charge is 2.18. The van der Waals surface area contributed by atoms with Crippen molar-refractivity contribution in [3.8, 4) is 0 Å². The molecule has 0 radical (unpaired) electrons. The fraction of sp³-hybridized carbons (Fsp3) is 1.00. The lowest BCUT2D eigenvalue weighted by molar-refractivity contribution is 0.173. The standard InChI is InChI=1S/C17H37N3/c1-4-6-16(8-11-18)7-5-12-20(3)15-17-9-13-19(2)14-10-17/h16-17H,4-15,18H2,1-3H3. The Hall–Kier alpha value is -0.120. The third-order valence-electron chi connectivity index (χ3n) is 4.83. The lowest BCUT2D eigenvalue weighted by atomic mass is 9.94. The van der Waals surface area contributed by atoms with Crippen LogP contribution in [0, 0.1) is 11.8 Å². The summed E-state index contributed by atoms with van der Waals surface area (Å²) in [4.78, 5) is 5.01. The van der Waals surface area contributed by atoms with Crippen molar-refractivity contribution in [2.45, 2.75) is 51.9 Å². The number of nitrogens with two attached hydrogens (primary N) is 1. The van der Waals surface area contributed by atoms with E-state index in [2.05, 4.69) is 30.8 Å². The Kier molecular flexibility index (Phi) is 9.49. The van der Waals surface area contributed by atoms with Gasteiger partial charge in [-0.3, -0.25) is 0 Å². The molecule has 1 unspecified atom stereocenters. The second kappa shape index (κ2) is 10.6. The Labute approximate surface area is 126 Å². The Morgan fingerprint density at radius 1 is 1.20 bits per heavy atom. The van der Waals surface area contributed by atoms with Gasteiger partial charge in [-0.15, -0.1) is 0 Å². The minimum Gasteiger partial charge on any atom is -0.330 e. The number of piperidine rings is 1. The summed E-state index contributed by atoms with van der Waals surface area (Å²) in [6, 6.07) is 0. The van der Waals surface area contributed by atoms with Crippen LogP contribution in [0.5, 0.6) is 0 Å². The van der Waals surface area contributed by atoms with Crippen LogP contribution in [0.25, 0.3) is 0 Å². The molecule has 0 aromatic heterocycles. The van der Waals surface area contributed by atoms with Crippen LogP contribution < -0.4 is 5.73 Å². The fourth-order valence-electron chi connectivity index (χ4n) is 3.50. The minimum atomic E-state index is 0.857. The van der Waals surface area contributed by atoms with Crippen LogP contribution in [0.4, 0.5) is 0 Å². The maximum atomic E-state index is 5.71. The summed E-state index contributed by atoms with van der Waals surface area (Å²) < 4.78 is 0. The van der Waals surface area contributed by atoms with E-state index in [0.717, 1.165) is 18.4 Å². The molecule has 1 aliphatic heterocycles. The van der Waals surface area contributed by atoms with Crippen molar-refractivity contribution in [2.24, 2.45) is 17.6 Å². The van der Waals surface area contributed by atoms with E-state index in [1.165, 1.54) is 71.1 Å². The van der Waals surface area contributed by atoms with Gasteiger partial charge in [-0.2, -0.15) is 0 Å². The second-order valence-electron chi connectivity index (χ2n) is 6.88. The minimum absolute atomic E-state index is 0.857. The highest BCUT2D eigenvalue weighted by molar-refractivity contribution is 4.72. The molecule has 0 amide bonds. The number of nitrogens with zero attached hydrogens (tertiary/aromatic N) is 2. The monoisotopic (exact) mass is 283 g/mol. The van der Waals surface area contributed by atoms with Gasteiger partial charge in [0.05, 0.1) is 0 Å². The molecule has 2 N–H and O–H groups in total. The van der Waals surface area contributed by atoms with Crippen LogP contribution in [0.2, 0.25) is 0 Å². The first-order valence-electron chi connectivity index (χ1n) is 8.72. The van der Waals surface area contributed by atoms with Gasteiger partial charge >= 0.3 is 0 Å². The topological polar surface area (TPSA) is 32.5 Å². The summed E-state index contributed by atoms with van der Waals surface area (Å²) in [5, 5.41) is 0. The van der Waals surface area contributed by atoms with Crippen molar-refractivity contribution in [3.63, 3.8) is 0 Å². The molecule has 0 aromatic carbocycles. The first kappa shape index (κ1) is 17.9. The summed E-state index contributed by atoms with van der Waals surface area (Å²) in [6.45, 7) is 8.27. The molecular weight excluding hydrogens is 246 g/mol. The van der Waals surface area contributed by atoms with Crippen LogP contribution in [0.3, 0.4) is 0 Å². The first-order chi connectivity index (χ1) is 9.65. The van der Waals surface area contributed by atoms with Gasteiger partial charge in [-0.05, 0) is 84.2 Å². The second-order valence-corrected chi connectivity index (χ2v) is 6.88. The van der Waals surface area contributed by atoms with Crippen molar-refractivity contribution in [1.29, 1.82) is 0 Å². The van der Waals surface area contributed by atoms with E-state index in [1.54, 1.807) is 0 Å². The smallest absolute Gasteiger partial charge is 0.000756 e. The zero-order chi connectivity index (χ0) is 14.8. The fourth-order valence-corrected chi connectivity index (χ4v) is 3.50. The first-order valence-corrected chi connectivity index (χ1v) is 8.72. The van der Waals surface area contributed by atoms with Crippen molar-refractivity contribution >= 4 is 0 Å². The molecule has 0 spiro atoms. The number of hydrogen-bond acceptors (Lipinski definition) is 3. The summed E-state index contributed by atoms with van der Waals surface area (Å²) >= 11 is 0. The van der Waals surface area contributed by atoms with Crippen molar-refractivity contribution in [2.75, 3.05) is 46.8 Å². The highest BCUT2D eigenvalue weighted by atomic mass is 15.1. The van der Waals surface area contributed by atoms with Gasteiger partial charge in [0.25, 0.3) is 0 Å². The molecule has 120 valence electrons. The van der Waals surface area contributed by atoms with E-state index >= 15 is 0 Å². The maximum Gasteiger partial charge on any atom is 0.000756 e. The van der Waals surface area contributed by atoms with E-state index in [-0.39, 0.29) is 0 Å². The number of likely N-dealkylation sites (tertiary alicyclic amines) is 1. The largest absolute Gasteiger partial charge is 0.330 e. The molecule has 0 saturated carbocycles. The van der Waals surface area contributed by atoms with E-state index in [0.29, 0.717) is 0 Å². The third-order valence-corrected chi connectivity index (χ3v) is 4.83. The molecule has 1 heterocycles. The summed E-state index contributed by atoms with van der Waals surface area (Å²) in [6.07, 6.45) is 9.34.